The molecule has 0 aliphatic rings. The molecule has 2 aromatic heterocycles. The molecule has 0 aliphatic heterocycles. The van der Waals surface area contributed by atoms with Gasteiger partial charge in [0.15, 0.2) is 12.2 Å². The lowest BCUT2D eigenvalue weighted by Gasteiger charge is -2.07. The highest BCUT2D eigenvalue weighted by Crippen LogP contribution is 2.24. The molecule has 94 valence electrons. The second-order valence-corrected chi connectivity index (χ2v) is 3.54. The van der Waals surface area contributed by atoms with Crippen LogP contribution in [0, 0.1) is 0 Å². The monoisotopic (exact) mass is 268 g/mol. The molecule has 2 rings (SSSR count). The largest absolute Gasteiger partial charge is 0.462 e. The molecule has 2 N–H and O–H groups in total. The van der Waals surface area contributed by atoms with Crippen LogP contribution in [0.1, 0.15) is 17.3 Å². The van der Waals surface area contributed by atoms with E-state index in [0.29, 0.717) is 5.76 Å². The molecule has 0 radical (unpaired) electrons. The summed E-state index contributed by atoms with van der Waals surface area (Å²) in [6.07, 6.45) is 2.64. The van der Waals surface area contributed by atoms with Crippen molar-refractivity contribution < 1.29 is 13.9 Å². The van der Waals surface area contributed by atoms with Crippen LogP contribution in [0.4, 0.5) is 5.82 Å². The first-order valence-electron chi connectivity index (χ1n) is 5.02. The number of anilines is 1. The number of nitrogens with two attached hydrogens (primary N) is 1. The van der Waals surface area contributed by atoms with Crippen molar-refractivity contribution in [3.63, 3.8) is 0 Å². The van der Waals surface area contributed by atoms with Gasteiger partial charge in [-0.2, -0.15) is 0 Å². The SMILES string of the molecule is CCOC(=O)c1c(N)nc(-c2cnco2)nc1Cl. The third-order valence-corrected chi connectivity index (χ3v) is 2.30. The number of oxazole rings is 1. The zero-order chi connectivity index (χ0) is 13.1. The second kappa shape index (κ2) is 5.01. The van der Waals surface area contributed by atoms with Crippen molar-refractivity contribution in [3.8, 4) is 11.6 Å². The van der Waals surface area contributed by atoms with Gasteiger partial charge in [-0.3, -0.25) is 0 Å². The molecule has 2 aromatic rings. The van der Waals surface area contributed by atoms with E-state index in [9.17, 15) is 4.79 Å². The minimum absolute atomic E-state index is 0.0539. The Kier molecular flexibility index (Phi) is 3.42. The van der Waals surface area contributed by atoms with E-state index in [0.717, 1.165) is 0 Å². The minimum Gasteiger partial charge on any atom is -0.462 e. The molecule has 7 nitrogen and oxygen atoms in total. The zero-order valence-electron chi connectivity index (χ0n) is 9.38. The van der Waals surface area contributed by atoms with Crippen molar-refractivity contribution in [2.24, 2.45) is 0 Å². The summed E-state index contributed by atoms with van der Waals surface area (Å²) >= 11 is 5.89. The Morgan fingerprint density at radius 3 is 2.89 bits per heavy atom. The first kappa shape index (κ1) is 12.3. The van der Waals surface area contributed by atoms with Gasteiger partial charge in [0.1, 0.15) is 16.5 Å². The van der Waals surface area contributed by atoms with E-state index in [-0.39, 0.29) is 29.0 Å². The number of esters is 1. The predicted octanol–water partition coefficient (Wildman–Crippen LogP) is 1.54. The Balaban J connectivity index is 2.44. The maximum Gasteiger partial charge on any atom is 0.345 e. The number of halogens is 1. The lowest BCUT2D eigenvalue weighted by molar-refractivity contribution is 0.0527. The fourth-order valence-corrected chi connectivity index (χ4v) is 1.53. The van der Waals surface area contributed by atoms with Crippen LogP contribution >= 0.6 is 11.6 Å². The molecule has 0 bridgehead atoms. The van der Waals surface area contributed by atoms with Crippen molar-refractivity contribution >= 4 is 23.4 Å². The van der Waals surface area contributed by atoms with Gasteiger partial charge in [-0.25, -0.2) is 19.7 Å². The number of ether oxygens (including phenoxy) is 1. The molecule has 0 saturated carbocycles. The summed E-state index contributed by atoms with van der Waals surface area (Å²) < 4.78 is 9.81. The van der Waals surface area contributed by atoms with Gasteiger partial charge in [0, 0.05) is 0 Å². The first-order chi connectivity index (χ1) is 8.63. The van der Waals surface area contributed by atoms with Gasteiger partial charge >= 0.3 is 5.97 Å². The number of nitrogens with zero attached hydrogens (tertiary/aromatic N) is 3. The van der Waals surface area contributed by atoms with E-state index in [1.807, 2.05) is 0 Å². The Morgan fingerprint density at radius 1 is 1.56 bits per heavy atom. The quantitative estimate of drug-likeness (QED) is 0.665. The molecule has 0 spiro atoms. The normalized spacial score (nSPS) is 10.3. The van der Waals surface area contributed by atoms with Crippen molar-refractivity contribution in [2.75, 3.05) is 12.3 Å². The Hall–Kier alpha value is -2.15. The number of rotatable bonds is 3. The van der Waals surface area contributed by atoms with E-state index in [1.165, 1.54) is 12.6 Å². The van der Waals surface area contributed by atoms with Gasteiger partial charge < -0.3 is 14.9 Å². The smallest absolute Gasteiger partial charge is 0.345 e. The highest BCUT2D eigenvalue weighted by Gasteiger charge is 2.20. The first-order valence-corrected chi connectivity index (χ1v) is 5.40. The zero-order valence-corrected chi connectivity index (χ0v) is 10.1. The van der Waals surface area contributed by atoms with Crippen LogP contribution in [0.3, 0.4) is 0 Å². The van der Waals surface area contributed by atoms with E-state index < -0.39 is 5.97 Å². The summed E-state index contributed by atoms with van der Waals surface area (Å²) in [6, 6.07) is 0. The van der Waals surface area contributed by atoms with Crippen LogP contribution in [-0.4, -0.2) is 27.5 Å². The maximum absolute atomic E-state index is 11.6. The van der Waals surface area contributed by atoms with Gasteiger partial charge in [-0.05, 0) is 6.92 Å². The molecule has 18 heavy (non-hydrogen) atoms. The fourth-order valence-electron chi connectivity index (χ4n) is 1.28. The second-order valence-electron chi connectivity index (χ2n) is 3.18. The van der Waals surface area contributed by atoms with Gasteiger partial charge in [0.25, 0.3) is 0 Å². The van der Waals surface area contributed by atoms with Crippen LogP contribution < -0.4 is 5.73 Å². The maximum atomic E-state index is 11.6. The molecule has 0 aliphatic carbocycles. The molecule has 2 heterocycles. The van der Waals surface area contributed by atoms with Crippen LogP contribution in [0.25, 0.3) is 11.6 Å². The number of nitrogen functional groups attached to an aromatic ring is 1. The standard InChI is InChI=1S/C10H9ClN4O3/c1-2-17-10(16)6-7(11)14-9(15-8(6)12)5-3-13-4-18-5/h3-4H,2H2,1H3,(H2,12,14,15). The van der Waals surface area contributed by atoms with Crippen molar-refractivity contribution in [1.29, 1.82) is 0 Å². The summed E-state index contributed by atoms with van der Waals surface area (Å²) in [5, 5.41) is -0.0904. The third kappa shape index (κ3) is 2.25. The molecule has 0 saturated heterocycles. The molecular formula is C10H9ClN4O3. The predicted molar refractivity (Wildman–Crippen MR) is 62.9 cm³/mol. The van der Waals surface area contributed by atoms with Crippen molar-refractivity contribution in [3.05, 3.63) is 23.3 Å². The van der Waals surface area contributed by atoms with Crippen LogP contribution in [0.5, 0.6) is 0 Å². The Morgan fingerprint density at radius 2 is 2.33 bits per heavy atom. The molecule has 8 heteroatoms. The van der Waals surface area contributed by atoms with Gasteiger partial charge in [0.05, 0.1) is 12.8 Å². The highest BCUT2D eigenvalue weighted by atomic mass is 35.5. The minimum atomic E-state index is -0.663. The third-order valence-electron chi connectivity index (χ3n) is 2.03. The number of carbonyl (C=O) groups excluding carboxylic acids is 1. The number of aromatic nitrogens is 3. The lowest BCUT2D eigenvalue weighted by atomic mass is 10.3. The molecule has 0 aromatic carbocycles. The average Bonchev–Trinajstić information content (AvgIpc) is 2.81. The fraction of sp³-hybridized carbons (Fsp3) is 0.200. The molecular weight excluding hydrogens is 260 g/mol. The lowest BCUT2D eigenvalue weighted by Crippen LogP contribution is -2.12. The van der Waals surface area contributed by atoms with E-state index in [1.54, 1.807) is 6.92 Å². The highest BCUT2D eigenvalue weighted by molar-refractivity contribution is 6.33. The van der Waals surface area contributed by atoms with Crippen LogP contribution in [0.2, 0.25) is 5.15 Å². The molecule has 0 unspecified atom stereocenters. The number of hydrogen-bond donors (Lipinski definition) is 1. The van der Waals surface area contributed by atoms with E-state index >= 15 is 0 Å². The van der Waals surface area contributed by atoms with Crippen molar-refractivity contribution in [2.45, 2.75) is 6.92 Å². The van der Waals surface area contributed by atoms with Crippen molar-refractivity contribution in [1.82, 2.24) is 15.0 Å². The van der Waals surface area contributed by atoms with E-state index in [2.05, 4.69) is 15.0 Å². The van der Waals surface area contributed by atoms with Crippen LogP contribution in [-0.2, 0) is 4.74 Å². The van der Waals surface area contributed by atoms with E-state index in [4.69, 9.17) is 26.5 Å². The number of carbonyl (C=O) groups is 1. The summed E-state index contributed by atoms with van der Waals surface area (Å²) in [7, 11) is 0. The van der Waals surface area contributed by atoms with Gasteiger partial charge in [0.2, 0.25) is 5.82 Å². The number of hydrogen-bond acceptors (Lipinski definition) is 7. The topological polar surface area (TPSA) is 104 Å². The molecule has 0 amide bonds. The van der Waals surface area contributed by atoms with Gasteiger partial charge in [-0.15, -0.1) is 0 Å². The molecule has 0 fully saturated rings. The Bertz CT molecular complexity index is 548. The summed E-state index contributed by atoms with van der Waals surface area (Å²) in [4.78, 5) is 23.2. The average molecular weight is 269 g/mol. The summed E-state index contributed by atoms with van der Waals surface area (Å²) in [6.45, 7) is 1.88. The summed E-state index contributed by atoms with van der Waals surface area (Å²) in [5.41, 5.74) is 5.61. The van der Waals surface area contributed by atoms with Gasteiger partial charge in [-0.1, -0.05) is 11.6 Å². The van der Waals surface area contributed by atoms with Crippen LogP contribution in [0.15, 0.2) is 17.0 Å². The Labute approximate surface area is 107 Å². The summed E-state index contributed by atoms with van der Waals surface area (Å²) in [5.74, 6) is -0.272. The molecule has 0 atom stereocenters.